The number of anilines is 1. The number of benzene rings is 1. The Bertz CT molecular complexity index is 482. The highest BCUT2D eigenvalue weighted by atomic mass is 15.1. The first kappa shape index (κ1) is 22.6. The van der Waals surface area contributed by atoms with Gasteiger partial charge < -0.3 is 4.90 Å². The molecule has 0 amide bonds. The quantitative estimate of drug-likeness (QED) is 0.359. The lowest BCUT2D eigenvalue weighted by Crippen LogP contribution is -2.34. The van der Waals surface area contributed by atoms with Crippen LogP contribution in [0.5, 0.6) is 0 Å². The Labute approximate surface area is 162 Å². The minimum Gasteiger partial charge on any atom is -0.371 e. The molecule has 0 aliphatic heterocycles. The summed E-state index contributed by atoms with van der Waals surface area (Å²) < 4.78 is 0. The van der Waals surface area contributed by atoms with Crippen LogP contribution < -0.4 is 4.90 Å². The summed E-state index contributed by atoms with van der Waals surface area (Å²) >= 11 is 0. The summed E-state index contributed by atoms with van der Waals surface area (Å²) in [5.41, 5.74) is 2.45. The largest absolute Gasteiger partial charge is 0.371 e. The highest BCUT2D eigenvalue weighted by Gasteiger charge is 2.17. The molecule has 146 valence electrons. The number of nitrogens with zero attached hydrogens (tertiary/aromatic N) is 2. The first-order chi connectivity index (χ1) is 12.7. The predicted molar refractivity (Wildman–Crippen MR) is 115 cm³/mol. The fraction of sp³-hybridized carbons (Fsp3) is 0.708. The van der Waals surface area contributed by atoms with Crippen molar-refractivity contribution in [3.05, 3.63) is 29.8 Å². The van der Waals surface area contributed by atoms with Crippen molar-refractivity contribution in [2.45, 2.75) is 85.5 Å². The summed E-state index contributed by atoms with van der Waals surface area (Å²) in [6.07, 6.45) is 10.9. The predicted octanol–water partition coefficient (Wildman–Crippen LogP) is 6.99. The van der Waals surface area contributed by atoms with Gasteiger partial charge in [-0.25, -0.2) is 0 Å². The lowest BCUT2D eigenvalue weighted by Gasteiger charge is -2.32. The first-order valence-corrected chi connectivity index (χ1v) is 10.9. The Kier molecular flexibility index (Phi) is 11.9. The van der Waals surface area contributed by atoms with E-state index < -0.39 is 0 Å². The van der Waals surface area contributed by atoms with Gasteiger partial charge in [-0.3, -0.25) is 0 Å². The summed E-state index contributed by atoms with van der Waals surface area (Å²) in [5, 5.41) is 8.90. The van der Waals surface area contributed by atoms with E-state index in [4.69, 9.17) is 5.26 Å². The third-order valence-corrected chi connectivity index (χ3v) is 5.63. The fourth-order valence-corrected chi connectivity index (χ4v) is 3.66. The molecule has 2 atom stereocenters. The molecule has 0 fully saturated rings. The Morgan fingerprint density at radius 3 is 1.73 bits per heavy atom. The van der Waals surface area contributed by atoms with Gasteiger partial charge in [0, 0.05) is 18.8 Å². The van der Waals surface area contributed by atoms with Gasteiger partial charge in [0.25, 0.3) is 0 Å². The van der Waals surface area contributed by atoms with E-state index in [-0.39, 0.29) is 0 Å². The highest BCUT2D eigenvalue weighted by molar-refractivity contribution is 5.48. The molecule has 0 heterocycles. The summed E-state index contributed by atoms with van der Waals surface area (Å²) in [4.78, 5) is 2.63. The summed E-state index contributed by atoms with van der Waals surface area (Å²) in [7, 11) is 0. The van der Waals surface area contributed by atoms with Crippen LogP contribution in [-0.4, -0.2) is 13.1 Å². The number of nitriles is 1. The number of hydrogen-bond donors (Lipinski definition) is 0. The van der Waals surface area contributed by atoms with Crippen molar-refractivity contribution in [2.75, 3.05) is 18.0 Å². The average molecular weight is 357 g/mol. The molecule has 0 saturated carbocycles. The topological polar surface area (TPSA) is 27.0 Å². The van der Waals surface area contributed by atoms with Gasteiger partial charge in [-0.05, 0) is 42.4 Å². The van der Waals surface area contributed by atoms with E-state index in [0.717, 1.165) is 30.5 Å². The lowest BCUT2D eigenvalue weighted by atomic mass is 9.95. The summed E-state index contributed by atoms with van der Waals surface area (Å²) in [5.74, 6) is 1.55. The molecule has 0 saturated heterocycles. The molecule has 0 N–H and O–H groups in total. The van der Waals surface area contributed by atoms with Gasteiger partial charge in [-0.15, -0.1) is 0 Å². The van der Waals surface area contributed by atoms with Crippen LogP contribution in [0.3, 0.4) is 0 Å². The monoisotopic (exact) mass is 356 g/mol. The average Bonchev–Trinajstić information content (AvgIpc) is 2.67. The third kappa shape index (κ3) is 8.26. The molecule has 1 aromatic rings. The van der Waals surface area contributed by atoms with E-state index in [1.807, 2.05) is 0 Å². The fourth-order valence-electron chi connectivity index (χ4n) is 3.66. The molecular weight excluding hydrogens is 316 g/mol. The van der Waals surface area contributed by atoms with Crippen molar-refractivity contribution in [1.82, 2.24) is 0 Å². The maximum Gasteiger partial charge on any atom is 0.0669 e. The maximum absolute atomic E-state index is 8.90. The van der Waals surface area contributed by atoms with E-state index in [2.05, 4.69) is 62.9 Å². The Hall–Kier alpha value is -1.49. The normalized spacial score (nSPS) is 13.2. The van der Waals surface area contributed by atoms with Crippen LogP contribution in [0.15, 0.2) is 24.3 Å². The molecule has 0 aliphatic carbocycles. The minimum absolute atomic E-state index is 0.502. The van der Waals surface area contributed by atoms with Gasteiger partial charge in [-0.2, -0.15) is 5.26 Å². The van der Waals surface area contributed by atoms with E-state index >= 15 is 0 Å². The van der Waals surface area contributed by atoms with Crippen LogP contribution in [0.4, 0.5) is 5.69 Å². The first-order valence-electron chi connectivity index (χ1n) is 10.9. The number of rotatable bonds is 14. The summed E-state index contributed by atoms with van der Waals surface area (Å²) in [6, 6.07) is 11.0. The molecule has 0 aliphatic rings. The van der Waals surface area contributed by atoms with Gasteiger partial charge in [-0.1, -0.05) is 78.4 Å². The molecule has 0 aromatic heterocycles. The highest BCUT2D eigenvalue weighted by Crippen LogP contribution is 2.24. The van der Waals surface area contributed by atoms with Crippen molar-refractivity contribution in [3.8, 4) is 6.07 Å². The maximum atomic E-state index is 8.90. The third-order valence-electron chi connectivity index (χ3n) is 5.63. The second kappa shape index (κ2) is 13.7. The second-order valence-corrected chi connectivity index (χ2v) is 7.74. The SMILES string of the molecule is CCCCC(CC)CN(CC(CC)CCCC)c1ccc(CC#N)cc1. The molecule has 0 radical (unpaired) electrons. The van der Waals surface area contributed by atoms with E-state index in [1.165, 1.54) is 57.1 Å². The van der Waals surface area contributed by atoms with Crippen LogP contribution >= 0.6 is 0 Å². The molecular formula is C24H40N2. The lowest BCUT2D eigenvalue weighted by molar-refractivity contribution is 0.403. The van der Waals surface area contributed by atoms with Crippen molar-refractivity contribution in [2.24, 2.45) is 11.8 Å². The van der Waals surface area contributed by atoms with Gasteiger partial charge in [0.2, 0.25) is 0 Å². The van der Waals surface area contributed by atoms with Crippen LogP contribution in [-0.2, 0) is 6.42 Å². The van der Waals surface area contributed by atoms with Gasteiger partial charge >= 0.3 is 0 Å². The Morgan fingerprint density at radius 2 is 1.35 bits per heavy atom. The van der Waals surface area contributed by atoms with Crippen LogP contribution in [0.1, 0.15) is 84.6 Å². The second-order valence-electron chi connectivity index (χ2n) is 7.74. The zero-order valence-electron chi connectivity index (χ0n) is 17.6. The van der Waals surface area contributed by atoms with Crippen molar-refractivity contribution < 1.29 is 0 Å². The van der Waals surface area contributed by atoms with Crippen LogP contribution in [0.2, 0.25) is 0 Å². The van der Waals surface area contributed by atoms with E-state index in [1.54, 1.807) is 0 Å². The Morgan fingerprint density at radius 1 is 0.846 bits per heavy atom. The standard InChI is InChI=1S/C24H40N2/c1-5-9-11-21(7-3)19-26(20-22(8-4)12-10-6-2)24-15-13-23(14-16-24)17-18-25/h13-16,21-22H,5-12,17,19-20H2,1-4H3. The molecule has 1 aromatic carbocycles. The van der Waals surface area contributed by atoms with E-state index in [9.17, 15) is 0 Å². The van der Waals surface area contributed by atoms with Crippen molar-refractivity contribution in [3.63, 3.8) is 0 Å². The number of hydrogen-bond acceptors (Lipinski definition) is 2. The molecule has 1 rings (SSSR count). The number of unbranched alkanes of at least 4 members (excludes halogenated alkanes) is 2. The molecule has 0 spiro atoms. The van der Waals surface area contributed by atoms with Crippen LogP contribution in [0, 0.1) is 23.2 Å². The smallest absolute Gasteiger partial charge is 0.0669 e. The molecule has 2 unspecified atom stereocenters. The minimum atomic E-state index is 0.502. The van der Waals surface area contributed by atoms with Crippen LogP contribution in [0.25, 0.3) is 0 Å². The van der Waals surface area contributed by atoms with Crippen molar-refractivity contribution in [1.29, 1.82) is 5.26 Å². The van der Waals surface area contributed by atoms with E-state index in [0.29, 0.717) is 6.42 Å². The molecule has 26 heavy (non-hydrogen) atoms. The Balaban J connectivity index is 2.89. The molecule has 2 nitrogen and oxygen atoms in total. The van der Waals surface area contributed by atoms with Gasteiger partial charge in [0.1, 0.15) is 0 Å². The summed E-state index contributed by atoms with van der Waals surface area (Å²) in [6.45, 7) is 11.6. The van der Waals surface area contributed by atoms with Crippen molar-refractivity contribution >= 4 is 5.69 Å². The zero-order valence-corrected chi connectivity index (χ0v) is 17.6. The molecule has 2 heteroatoms. The zero-order chi connectivity index (χ0) is 19.2. The van der Waals surface area contributed by atoms with Gasteiger partial charge in [0.05, 0.1) is 12.5 Å². The molecule has 0 bridgehead atoms. The van der Waals surface area contributed by atoms with Gasteiger partial charge in [0.15, 0.2) is 0 Å².